The highest BCUT2D eigenvalue weighted by Crippen LogP contribution is 2.45. The summed E-state index contributed by atoms with van der Waals surface area (Å²) in [6, 6.07) is 10.9. The Labute approximate surface area is 244 Å². The molecular weight excluding hydrogens is 630 g/mol. The van der Waals surface area contributed by atoms with Gasteiger partial charge in [0.25, 0.3) is 30.4 Å². The molecule has 0 unspecified atom stereocenters. The van der Waals surface area contributed by atoms with Crippen molar-refractivity contribution >= 4 is 69.6 Å². The number of rotatable bonds is 8. The van der Waals surface area contributed by atoms with Crippen LogP contribution in [0.2, 0.25) is 0 Å². The van der Waals surface area contributed by atoms with Gasteiger partial charge in [-0.15, -0.1) is 15.3 Å². The van der Waals surface area contributed by atoms with Gasteiger partial charge in [0.1, 0.15) is 37.5 Å². The van der Waals surface area contributed by atoms with Gasteiger partial charge in [-0.05, 0) is 48.9 Å². The van der Waals surface area contributed by atoms with Gasteiger partial charge in [0.2, 0.25) is 0 Å². The van der Waals surface area contributed by atoms with Crippen molar-refractivity contribution in [3.05, 3.63) is 60.2 Å². The molecule has 4 aromatic rings. The van der Waals surface area contributed by atoms with Crippen molar-refractivity contribution in [2.75, 3.05) is 12.8 Å². The topological polar surface area (TPSA) is 268 Å². The number of hydrogen-bond acceptors (Lipinski definition) is 13. The number of nitrogen functional groups attached to an aromatic ring is 1. The largest absolute Gasteiger partial charge is 0.505 e. The molecule has 0 atom stereocenters. The summed E-state index contributed by atoms with van der Waals surface area (Å²) in [7, 11) is -13.5. The third-order valence-electron chi connectivity index (χ3n) is 5.91. The van der Waals surface area contributed by atoms with E-state index in [0.717, 1.165) is 18.2 Å². The average Bonchev–Trinajstić information content (AvgIpc) is 2.90. The zero-order chi connectivity index (χ0) is 31.9. The predicted octanol–water partition coefficient (Wildman–Crippen LogP) is 5.02. The molecule has 0 spiro atoms. The molecule has 0 aromatic heterocycles. The fraction of sp³-hybridized carbons (Fsp3) is 0.0833. The lowest BCUT2D eigenvalue weighted by atomic mass is 10.1. The van der Waals surface area contributed by atoms with Crippen molar-refractivity contribution in [3.63, 3.8) is 0 Å². The average molecular weight is 652 g/mol. The number of fused-ring (bicyclic) bond motifs is 1. The molecule has 0 bridgehead atoms. The second kappa shape index (κ2) is 11.3. The van der Waals surface area contributed by atoms with Crippen LogP contribution >= 0.6 is 0 Å². The van der Waals surface area contributed by atoms with Gasteiger partial charge in [0.05, 0.1) is 18.5 Å². The molecule has 6 N–H and O–H groups in total. The van der Waals surface area contributed by atoms with E-state index >= 15 is 0 Å². The van der Waals surface area contributed by atoms with Crippen molar-refractivity contribution < 1.29 is 48.8 Å². The third-order valence-corrected chi connectivity index (χ3v) is 8.65. The molecular formula is C24H21N5O11S3. The number of nitrogens with two attached hydrogens (primary N) is 1. The molecule has 4 aromatic carbocycles. The number of azo groups is 2. The van der Waals surface area contributed by atoms with Crippen LogP contribution in [0.4, 0.5) is 28.4 Å². The number of benzene rings is 4. The van der Waals surface area contributed by atoms with Gasteiger partial charge < -0.3 is 15.6 Å². The highest BCUT2D eigenvalue weighted by atomic mass is 32.2. The summed E-state index contributed by atoms with van der Waals surface area (Å²) in [6.45, 7) is 1.57. The molecule has 0 aliphatic carbocycles. The maximum Gasteiger partial charge on any atom is 0.297 e. The number of aromatic hydroxyl groups is 1. The third kappa shape index (κ3) is 6.45. The van der Waals surface area contributed by atoms with E-state index in [-0.39, 0.29) is 28.2 Å². The standard InChI is InChI=1S/C24H21N5O11S3/c1-12-9-18(19(40-2)11-17(12)27-26-16-5-3-4-6-20(16)41(31,32)33)28-29-22-21(42(34,35)36)10-14-13(23(22)30)7-8-15(25)24(14)43(37,38)39/h3-11,30H,25H2,1-2H3,(H,31,32,33)(H,34,35,36)(H,37,38,39). The lowest BCUT2D eigenvalue weighted by Crippen LogP contribution is -2.06. The van der Waals surface area contributed by atoms with Crippen LogP contribution in [0.3, 0.4) is 0 Å². The van der Waals surface area contributed by atoms with E-state index in [1.165, 1.54) is 37.4 Å². The van der Waals surface area contributed by atoms with E-state index in [1.807, 2.05) is 0 Å². The van der Waals surface area contributed by atoms with Gasteiger partial charge in [0.15, 0.2) is 5.75 Å². The smallest absolute Gasteiger partial charge is 0.297 e. The summed E-state index contributed by atoms with van der Waals surface area (Å²) in [6.07, 6.45) is 0. The van der Waals surface area contributed by atoms with Gasteiger partial charge in [-0.3, -0.25) is 13.7 Å². The molecule has 4 rings (SSSR count). The number of anilines is 1. The van der Waals surface area contributed by atoms with Gasteiger partial charge in [-0.25, -0.2) is 0 Å². The molecule has 0 aliphatic rings. The van der Waals surface area contributed by atoms with E-state index in [4.69, 9.17) is 10.5 Å². The SMILES string of the molecule is COc1cc(N=Nc2ccccc2S(=O)(=O)O)c(C)cc1N=Nc1c(S(=O)(=O)O)cc2c(S(=O)(=O)O)c(N)ccc2c1O. The molecule has 0 saturated carbocycles. The van der Waals surface area contributed by atoms with Gasteiger partial charge in [0, 0.05) is 16.8 Å². The molecule has 0 aliphatic heterocycles. The van der Waals surface area contributed by atoms with E-state index in [1.54, 1.807) is 6.92 Å². The monoisotopic (exact) mass is 651 g/mol. The van der Waals surface area contributed by atoms with Crippen LogP contribution in [0.5, 0.6) is 11.5 Å². The molecule has 226 valence electrons. The first-order valence-electron chi connectivity index (χ1n) is 11.5. The maximum atomic E-state index is 12.2. The van der Waals surface area contributed by atoms with Crippen LogP contribution in [0.25, 0.3) is 10.8 Å². The second-order valence-corrected chi connectivity index (χ2v) is 12.9. The van der Waals surface area contributed by atoms with Gasteiger partial charge in [-0.2, -0.15) is 30.4 Å². The summed E-state index contributed by atoms with van der Waals surface area (Å²) < 4.78 is 106. The summed E-state index contributed by atoms with van der Waals surface area (Å²) in [5.74, 6) is -0.890. The molecule has 0 heterocycles. The van der Waals surface area contributed by atoms with Crippen LogP contribution in [0, 0.1) is 6.92 Å². The van der Waals surface area contributed by atoms with Crippen LogP contribution in [-0.2, 0) is 30.4 Å². The van der Waals surface area contributed by atoms with E-state index in [9.17, 15) is 44.0 Å². The Balaban J connectivity index is 1.85. The van der Waals surface area contributed by atoms with Crippen molar-refractivity contribution in [2.24, 2.45) is 20.5 Å². The maximum absolute atomic E-state index is 12.2. The Hall–Kier alpha value is -4.53. The Morgan fingerprint density at radius 1 is 0.698 bits per heavy atom. The second-order valence-electron chi connectivity index (χ2n) is 8.75. The minimum atomic E-state index is -5.16. The fourth-order valence-electron chi connectivity index (χ4n) is 3.97. The zero-order valence-corrected chi connectivity index (χ0v) is 24.4. The Morgan fingerprint density at radius 2 is 1.30 bits per heavy atom. The number of phenols is 1. The number of methoxy groups -OCH3 is 1. The summed E-state index contributed by atoms with van der Waals surface area (Å²) in [5.41, 5.74) is 4.84. The zero-order valence-electron chi connectivity index (χ0n) is 21.9. The van der Waals surface area contributed by atoms with Gasteiger partial charge >= 0.3 is 0 Å². The number of phenolic OH excluding ortho intramolecular Hbond substituents is 1. The van der Waals surface area contributed by atoms with Crippen LogP contribution in [0.15, 0.2) is 89.7 Å². The minimum Gasteiger partial charge on any atom is -0.505 e. The number of nitrogens with zero attached hydrogens (tertiary/aromatic N) is 4. The van der Waals surface area contributed by atoms with E-state index in [0.29, 0.717) is 11.6 Å². The van der Waals surface area contributed by atoms with Gasteiger partial charge in [-0.1, -0.05) is 12.1 Å². The molecule has 16 nitrogen and oxygen atoms in total. The fourth-order valence-corrected chi connectivity index (χ4v) is 6.06. The first kappa shape index (κ1) is 31.4. The molecule has 0 saturated heterocycles. The predicted molar refractivity (Wildman–Crippen MR) is 152 cm³/mol. The molecule has 0 radical (unpaired) electrons. The van der Waals surface area contributed by atoms with Crippen LogP contribution in [0.1, 0.15) is 5.56 Å². The van der Waals surface area contributed by atoms with Crippen LogP contribution in [-0.4, -0.2) is 51.1 Å². The first-order valence-corrected chi connectivity index (χ1v) is 15.9. The minimum absolute atomic E-state index is 0.0153. The molecule has 0 amide bonds. The normalized spacial score (nSPS) is 12.9. The quantitative estimate of drug-likeness (QED) is 0.0955. The Kier molecular flexibility index (Phi) is 8.24. The van der Waals surface area contributed by atoms with Crippen molar-refractivity contribution in [2.45, 2.75) is 21.6 Å². The Bertz CT molecular complexity index is 2180. The summed E-state index contributed by atoms with van der Waals surface area (Å²) >= 11 is 0. The van der Waals surface area contributed by atoms with Crippen LogP contribution < -0.4 is 10.5 Å². The lowest BCUT2D eigenvalue weighted by Gasteiger charge is -2.13. The highest BCUT2D eigenvalue weighted by Gasteiger charge is 2.27. The van der Waals surface area contributed by atoms with E-state index < -0.39 is 67.6 Å². The van der Waals surface area contributed by atoms with Crippen molar-refractivity contribution in [3.8, 4) is 11.5 Å². The highest BCUT2D eigenvalue weighted by molar-refractivity contribution is 7.86. The summed E-state index contributed by atoms with van der Waals surface area (Å²) in [4.78, 5) is -2.41. The lowest BCUT2D eigenvalue weighted by molar-refractivity contribution is 0.416. The van der Waals surface area contributed by atoms with E-state index in [2.05, 4.69) is 20.5 Å². The number of hydrogen-bond donors (Lipinski definition) is 5. The number of aryl methyl sites for hydroxylation is 1. The van der Waals surface area contributed by atoms with Crippen molar-refractivity contribution in [1.29, 1.82) is 0 Å². The Morgan fingerprint density at radius 3 is 1.91 bits per heavy atom. The van der Waals surface area contributed by atoms with Crippen molar-refractivity contribution in [1.82, 2.24) is 0 Å². The molecule has 0 fully saturated rings. The molecule has 43 heavy (non-hydrogen) atoms. The first-order chi connectivity index (χ1) is 19.9. The number of ether oxygens (including phenoxy) is 1. The molecule has 19 heteroatoms. The summed E-state index contributed by atoms with van der Waals surface area (Å²) in [5, 5.41) is 25.7.